The van der Waals surface area contributed by atoms with Gasteiger partial charge in [0.2, 0.25) is 0 Å². The Labute approximate surface area is 162 Å². The Morgan fingerprint density at radius 1 is 1.29 bits per heavy atom. The average Bonchev–Trinajstić information content (AvgIpc) is 3.02. The van der Waals surface area contributed by atoms with Crippen molar-refractivity contribution in [2.24, 2.45) is 5.92 Å². The summed E-state index contributed by atoms with van der Waals surface area (Å²) >= 11 is 0. The zero-order valence-corrected chi connectivity index (χ0v) is 15.8. The molecule has 0 radical (unpaired) electrons. The van der Waals surface area contributed by atoms with Gasteiger partial charge in [0.05, 0.1) is 10.4 Å². The number of likely N-dealkylation sites (tertiary alicyclic amines) is 1. The molecule has 2 aliphatic rings. The summed E-state index contributed by atoms with van der Waals surface area (Å²) in [5.41, 5.74) is 4.61. The molecule has 1 unspecified atom stereocenters. The fourth-order valence-corrected chi connectivity index (χ4v) is 5.39. The molecule has 2 heterocycles. The number of nitrogens with one attached hydrogen (secondary N) is 1. The van der Waals surface area contributed by atoms with Crippen LogP contribution in [0, 0.1) is 16.0 Å². The molecular formula is C22H23N3O3. The minimum absolute atomic E-state index is 0.0228. The number of phenols is 1. The van der Waals surface area contributed by atoms with Gasteiger partial charge in [-0.05, 0) is 68.1 Å². The Balaban J connectivity index is 1.66. The van der Waals surface area contributed by atoms with Crippen LogP contribution in [-0.4, -0.2) is 40.1 Å². The van der Waals surface area contributed by atoms with Crippen molar-refractivity contribution in [1.82, 2.24) is 9.88 Å². The van der Waals surface area contributed by atoms with Crippen molar-refractivity contribution >= 4 is 16.6 Å². The lowest BCUT2D eigenvalue weighted by Gasteiger charge is -2.50. The second-order valence-corrected chi connectivity index (χ2v) is 8.37. The molecule has 0 saturated carbocycles. The first-order valence-electron chi connectivity index (χ1n) is 9.72. The average molecular weight is 377 g/mol. The molecule has 2 atom stereocenters. The van der Waals surface area contributed by atoms with Gasteiger partial charge in [0.25, 0.3) is 5.69 Å². The van der Waals surface area contributed by atoms with Crippen molar-refractivity contribution in [2.75, 3.05) is 20.1 Å². The van der Waals surface area contributed by atoms with Gasteiger partial charge in [-0.1, -0.05) is 12.1 Å². The molecule has 3 aromatic rings. The number of piperidine rings is 1. The van der Waals surface area contributed by atoms with Crippen LogP contribution >= 0.6 is 0 Å². The van der Waals surface area contributed by atoms with Crippen molar-refractivity contribution in [3.05, 3.63) is 69.4 Å². The number of hydrogen-bond donors (Lipinski definition) is 2. The molecule has 1 aliphatic heterocycles. The summed E-state index contributed by atoms with van der Waals surface area (Å²) in [6, 6.07) is 12.8. The fraction of sp³-hybridized carbons (Fsp3) is 0.364. The summed E-state index contributed by atoms with van der Waals surface area (Å²) in [6.07, 6.45) is 2.84. The van der Waals surface area contributed by atoms with Crippen molar-refractivity contribution in [3.8, 4) is 5.75 Å². The zero-order chi connectivity index (χ0) is 19.5. The molecule has 1 aliphatic carbocycles. The first-order valence-corrected chi connectivity index (χ1v) is 9.72. The Morgan fingerprint density at radius 2 is 2.14 bits per heavy atom. The van der Waals surface area contributed by atoms with E-state index in [4.69, 9.17) is 0 Å². The van der Waals surface area contributed by atoms with Crippen LogP contribution in [0.25, 0.3) is 10.9 Å². The molecule has 6 heteroatoms. The molecule has 1 fully saturated rings. The second-order valence-electron chi connectivity index (χ2n) is 8.37. The quantitative estimate of drug-likeness (QED) is 0.526. The lowest BCUT2D eigenvalue weighted by atomic mass is 9.59. The van der Waals surface area contributed by atoms with E-state index in [-0.39, 0.29) is 16.0 Å². The Morgan fingerprint density at radius 3 is 2.93 bits per heavy atom. The number of rotatable bonds is 2. The van der Waals surface area contributed by atoms with Gasteiger partial charge < -0.3 is 15.0 Å². The highest BCUT2D eigenvalue weighted by Crippen LogP contribution is 2.49. The van der Waals surface area contributed by atoms with Crippen LogP contribution in [0.1, 0.15) is 23.2 Å². The normalized spacial score (nSPS) is 24.7. The number of phenolic OH excluding ortho intramolecular Hbond substituents is 1. The topological polar surface area (TPSA) is 82.4 Å². The van der Waals surface area contributed by atoms with E-state index in [2.05, 4.69) is 23.0 Å². The molecule has 5 rings (SSSR count). The summed E-state index contributed by atoms with van der Waals surface area (Å²) in [4.78, 5) is 16.7. The van der Waals surface area contributed by atoms with Crippen LogP contribution in [0.4, 0.5) is 5.69 Å². The summed E-state index contributed by atoms with van der Waals surface area (Å²) in [5, 5.41) is 22.3. The molecule has 0 spiro atoms. The first kappa shape index (κ1) is 17.3. The zero-order valence-electron chi connectivity index (χ0n) is 15.8. The maximum absolute atomic E-state index is 11.2. The summed E-state index contributed by atoms with van der Waals surface area (Å²) < 4.78 is 0. The highest BCUT2D eigenvalue weighted by molar-refractivity contribution is 5.87. The third-order valence-electron chi connectivity index (χ3n) is 6.81. The van der Waals surface area contributed by atoms with E-state index >= 15 is 0 Å². The van der Waals surface area contributed by atoms with Gasteiger partial charge in [-0.2, -0.15) is 0 Å². The predicted molar refractivity (Wildman–Crippen MR) is 108 cm³/mol. The van der Waals surface area contributed by atoms with Gasteiger partial charge in [-0.25, -0.2) is 0 Å². The maximum Gasteiger partial charge on any atom is 0.271 e. The molecule has 6 nitrogen and oxygen atoms in total. The number of aromatic nitrogens is 1. The van der Waals surface area contributed by atoms with Gasteiger partial charge in [-0.3, -0.25) is 10.1 Å². The first-order chi connectivity index (χ1) is 13.5. The number of hydrogen-bond acceptors (Lipinski definition) is 4. The number of benzene rings is 2. The third-order valence-corrected chi connectivity index (χ3v) is 6.81. The smallest absolute Gasteiger partial charge is 0.271 e. The highest BCUT2D eigenvalue weighted by atomic mass is 16.6. The van der Waals surface area contributed by atoms with Crippen LogP contribution in [0.15, 0.2) is 42.5 Å². The van der Waals surface area contributed by atoms with Gasteiger partial charge >= 0.3 is 0 Å². The number of nitro groups is 1. The Kier molecular flexibility index (Phi) is 3.74. The summed E-state index contributed by atoms with van der Waals surface area (Å²) in [6.45, 7) is 2.03. The summed E-state index contributed by atoms with van der Waals surface area (Å²) in [7, 11) is 2.17. The minimum Gasteiger partial charge on any atom is -0.508 e. The number of aromatic amines is 1. The molecule has 1 saturated heterocycles. The van der Waals surface area contributed by atoms with E-state index in [0.717, 1.165) is 43.3 Å². The van der Waals surface area contributed by atoms with E-state index in [0.29, 0.717) is 11.7 Å². The monoisotopic (exact) mass is 377 g/mol. The van der Waals surface area contributed by atoms with Crippen LogP contribution in [0.3, 0.4) is 0 Å². The number of fused-ring (bicyclic) bond motifs is 4. The number of nitro benzene ring substituents is 1. The fourth-order valence-electron chi connectivity index (χ4n) is 5.39. The van der Waals surface area contributed by atoms with Crippen LogP contribution in [-0.2, 0) is 18.3 Å². The molecule has 0 amide bonds. The van der Waals surface area contributed by atoms with Crippen LogP contribution < -0.4 is 0 Å². The van der Waals surface area contributed by atoms with E-state index < -0.39 is 0 Å². The number of nitrogens with zero attached hydrogens (tertiary/aromatic N) is 2. The van der Waals surface area contributed by atoms with Crippen molar-refractivity contribution in [2.45, 2.75) is 24.7 Å². The second kappa shape index (κ2) is 6.07. The molecular weight excluding hydrogens is 354 g/mol. The summed E-state index contributed by atoms with van der Waals surface area (Å²) in [5.74, 6) is 0.748. The van der Waals surface area contributed by atoms with Gasteiger partial charge in [0.15, 0.2) is 0 Å². The molecule has 28 heavy (non-hydrogen) atoms. The van der Waals surface area contributed by atoms with E-state index in [9.17, 15) is 15.2 Å². The third kappa shape index (κ3) is 2.52. The van der Waals surface area contributed by atoms with E-state index in [1.807, 2.05) is 18.2 Å². The van der Waals surface area contributed by atoms with Gasteiger partial charge in [-0.15, -0.1) is 0 Å². The van der Waals surface area contributed by atoms with Crippen molar-refractivity contribution in [3.63, 3.8) is 0 Å². The van der Waals surface area contributed by atoms with Crippen molar-refractivity contribution in [1.29, 1.82) is 0 Å². The van der Waals surface area contributed by atoms with E-state index in [1.165, 1.54) is 16.8 Å². The molecule has 1 aromatic heterocycles. The molecule has 144 valence electrons. The Bertz CT molecular complexity index is 1090. The SMILES string of the molecule is CN1CC[C@]2(c3cccc(O)c3)Cc3[nH]c4cc([N+](=O)[O-])ccc4c3CC2C1. The van der Waals surface area contributed by atoms with E-state index in [1.54, 1.807) is 18.2 Å². The van der Waals surface area contributed by atoms with Gasteiger partial charge in [0, 0.05) is 35.2 Å². The minimum atomic E-state index is -0.345. The largest absolute Gasteiger partial charge is 0.508 e. The molecule has 2 N–H and O–H groups in total. The van der Waals surface area contributed by atoms with Crippen molar-refractivity contribution < 1.29 is 10.0 Å². The number of aromatic hydroxyl groups is 1. The highest BCUT2D eigenvalue weighted by Gasteiger charge is 2.47. The predicted octanol–water partition coefficient (Wildman–Crippen LogP) is 3.77. The standard InChI is InChI=1S/C22H23N3O3/c1-24-8-7-22(14-3-2-4-17(26)9-14)12-21-19(10-15(22)13-24)18-6-5-16(25(27)28)11-20(18)23-21/h2-6,9,11,15,23,26H,7-8,10,12-13H2,1H3/t15?,22-/m1/s1. The van der Waals surface area contributed by atoms with Crippen LogP contribution in [0.2, 0.25) is 0 Å². The Hall–Kier alpha value is -2.86. The lowest BCUT2D eigenvalue weighted by Crippen LogP contribution is -2.52. The maximum atomic E-state index is 11.2. The number of H-pyrrole nitrogens is 1. The lowest BCUT2D eigenvalue weighted by molar-refractivity contribution is -0.384. The molecule has 0 bridgehead atoms. The van der Waals surface area contributed by atoms with Gasteiger partial charge in [0.1, 0.15) is 5.75 Å². The molecule has 2 aromatic carbocycles. The van der Waals surface area contributed by atoms with Crippen LogP contribution in [0.5, 0.6) is 5.75 Å². The number of non-ortho nitro benzene ring substituents is 1.